The smallest absolute Gasteiger partial charge is 0.0595 e. The highest BCUT2D eigenvalue weighted by Gasteiger charge is 2.21. The van der Waals surface area contributed by atoms with Gasteiger partial charge in [-0.3, -0.25) is 0 Å². The van der Waals surface area contributed by atoms with E-state index in [9.17, 15) is 0 Å². The Bertz CT molecular complexity index is 411. The van der Waals surface area contributed by atoms with E-state index in [1.54, 1.807) is 0 Å². The summed E-state index contributed by atoms with van der Waals surface area (Å²) in [5.74, 6) is 0. The predicted octanol–water partition coefficient (Wildman–Crippen LogP) is 2.41. The number of hydrogen-bond donors (Lipinski definition) is 1. The van der Waals surface area contributed by atoms with Crippen molar-refractivity contribution in [1.29, 1.82) is 0 Å². The van der Waals surface area contributed by atoms with Gasteiger partial charge in [-0.05, 0) is 37.8 Å². The van der Waals surface area contributed by atoms with Gasteiger partial charge in [0.1, 0.15) is 0 Å². The van der Waals surface area contributed by atoms with Gasteiger partial charge in [0, 0.05) is 32.8 Å². The minimum atomic E-state index is 0.111. The summed E-state index contributed by atoms with van der Waals surface area (Å²) in [6, 6.07) is 6.66. The Hall–Kier alpha value is -0.900. The minimum Gasteiger partial charge on any atom is -0.381 e. The Morgan fingerprint density at radius 1 is 1.32 bits per heavy atom. The van der Waals surface area contributed by atoms with Crippen LogP contribution in [0.5, 0.6) is 0 Å². The zero-order valence-electron chi connectivity index (χ0n) is 12.4. The lowest BCUT2D eigenvalue weighted by molar-refractivity contribution is 0.0395. The first-order valence-electron chi connectivity index (χ1n) is 7.18. The largest absolute Gasteiger partial charge is 0.381 e. The van der Waals surface area contributed by atoms with Gasteiger partial charge >= 0.3 is 0 Å². The molecule has 1 aromatic carbocycles. The normalized spacial score (nSPS) is 19.6. The Morgan fingerprint density at radius 2 is 2.00 bits per heavy atom. The molecule has 0 bridgehead atoms. The van der Waals surface area contributed by atoms with Crippen molar-refractivity contribution >= 4 is 0 Å². The molecule has 0 saturated carbocycles. The molecule has 106 valence electrons. The SMILES string of the molecule is COC1CCN(CC(N)c2ccc(C)cc2C)CC1. The number of nitrogens with two attached hydrogens (primary N) is 1. The van der Waals surface area contributed by atoms with Gasteiger partial charge in [0.05, 0.1) is 6.10 Å². The molecule has 0 spiro atoms. The number of ether oxygens (including phenoxy) is 1. The van der Waals surface area contributed by atoms with E-state index in [2.05, 4.69) is 36.9 Å². The third-order valence-electron chi connectivity index (χ3n) is 4.15. The summed E-state index contributed by atoms with van der Waals surface area (Å²) in [6.07, 6.45) is 2.68. The fraction of sp³-hybridized carbons (Fsp3) is 0.625. The van der Waals surface area contributed by atoms with Crippen LogP contribution >= 0.6 is 0 Å². The molecular formula is C16H26N2O. The van der Waals surface area contributed by atoms with Crippen molar-refractivity contribution in [2.45, 2.75) is 38.8 Å². The van der Waals surface area contributed by atoms with Crippen molar-refractivity contribution in [2.75, 3.05) is 26.7 Å². The Labute approximate surface area is 116 Å². The predicted molar refractivity (Wildman–Crippen MR) is 79.3 cm³/mol. The van der Waals surface area contributed by atoms with E-state index in [-0.39, 0.29) is 6.04 Å². The van der Waals surface area contributed by atoms with E-state index in [0.29, 0.717) is 6.10 Å². The van der Waals surface area contributed by atoms with E-state index >= 15 is 0 Å². The summed E-state index contributed by atoms with van der Waals surface area (Å²) in [5, 5.41) is 0. The fourth-order valence-electron chi connectivity index (χ4n) is 2.95. The number of benzene rings is 1. The molecule has 1 unspecified atom stereocenters. The molecule has 0 amide bonds. The van der Waals surface area contributed by atoms with Crippen LogP contribution in [0.3, 0.4) is 0 Å². The van der Waals surface area contributed by atoms with Crippen LogP contribution < -0.4 is 5.73 Å². The highest BCUT2D eigenvalue weighted by Crippen LogP contribution is 2.20. The first-order chi connectivity index (χ1) is 9.10. The van der Waals surface area contributed by atoms with Crippen molar-refractivity contribution < 1.29 is 4.74 Å². The van der Waals surface area contributed by atoms with Crippen LogP contribution in [0.1, 0.15) is 35.6 Å². The van der Waals surface area contributed by atoms with Crippen LogP contribution in [0, 0.1) is 13.8 Å². The summed E-state index contributed by atoms with van der Waals surface area (Å²) in [7, 11) is 1.81. The third-order valence-corrected chi connectivity index (χ3v) is 4.15. The van der Waals surface area contributed by atoms with E-state index in [4.69, 9.17) is 10.5 Å². The molecule has 2 rings (SSSR count). The summed E-state index contributed by atoms with van der Waals surface area (Å²) >= 11 is 0. The monoisotopic (exact) mass is 262 g/mol. The number of piperidine rings is 1. The van der Waals surface area contributed by atoms with Gasteiger partial charge in [0.15, 0.2) is 0 Å². The average molecular weight is 262 g/mol. The molecule has 1 aliphatic heterocycles. The van der Waals surface area contributed by atoms with Gasteiger partial charge in [-0.2, -0.15) is 0 Å². The molecule has 19 heavy (non-hydrogen) atoms. The van der Waals surface area contributed by atoms with Gasteiger partial charge < -0.3 is 15.4 Å². The van der Waals surface area contributed by atoms with Crippen molar-refractivity contribution in [3.63, 3.8) is 0 Å². The molecule has 1 heterocycles. The fourth-order valence-corrected chi connectivity index (χ4v) is 2.95. The van der Waals surface area contributed by atoms with Crippen molar-refractivity contribution in [3.8, 4) is 0 Å². The maximum absolute atomic E-state index is 6.37. The maximum Gasteiger partial charge on any atom is 0.0595 e. The molecule has 3 heteroatoms. The highest BCUT2D eigenvalue weighted by atomic mass is 16.5. The summed E-state index contributed by atoms with van der Waals surface area (Å²) < 4.78 is 5.40. The van der Waals surface area contributed by atoms with Crippen LogP contribution in [0.15, 0.2) is 18.2 Å². The van der Waals surface area contributed by atoms with Gasteiger partial charge in [-0.25, -0.2) is 0 Å². The summed E-state index contributed by atoms with van der Waals surface area (Å²) in [6.45, 7) is 7.41. The molecule has 1 aromatic rings. The topological polar surface area (TPSA) is 38.5 Å². The van der Waals surface area contributed by atoms with Crippen molar-refractivity contribution in [3.05, 3.63) is 34.9 Å². The van der Waals surface area contributed by atoms with E-state index < -0.39 is 0 Å². The molecule has 1 atom stereocenters. The zero-order chi connectivity index (χ0) is 13.8. The standard InChI is InChI=1S/C16H26N2O/c1-12-4-5-15(13(2)10-12)16(17)11-18-8-6-14(19-3)7-9-18/h4-5,10,14,16H,6-9,11,17H2,1-3H3. The van der Waals surface area contributed by atoms with Crippen LogP contribution in [0.25, 0.3) is 0 Å². The number of nitrogens with zero attached hydrogens (tertiary/aromatic N) is 1. The second-order valence-corrected chi connectivity index (χ2v) is 5.70. The minimum absolute atomic E-state index is 0.111. The molecule has 1 saturated heterocycles. The van der Waals surface area contributed by atoms with Crippen molar-refractivity contribution in [1.82, 2.24) is 4.90 Å². The molecule has 0 aromatic heterocycles. The second kappa shape index (κ2) is 6.51. The lowest BCUT2D eigenvalue weighted by Gasteiger charge is -2.33. The average Bonchev–Trinajstić information content (AvgIpc) is 2.39. The number of rotatable bonds is 4. The maximum atomic E-state index is 6.37. The Kier molecular flexibility index (Phi) is 4.97. The first kappa shape index (κ1) is 14.5. The molecule has 0 radical (unpaired) electrons. The molecule has 1 aliphatic rings. The van der Waals surface area contributed by atoms with Gasteiger partial charge in [0.2, 0.25) is 0 Å². The van der Waals surface area contributed by atoms with Crippen LogP contribution in [0.2, 0.25) is 0 Å². The molecule has 1 fully saturated rings. The first-order valence-corrected chi connectivity index (χ1v) is 7.18. The van der Waals surface area contributed by atoms with Crippen LogP contribution in [-0.2, 0) is 4.74 Å². The molecule has 2 N–H and O–H groups in total. The number of aryl methyl sites for hydroxylation is 2. The van der Waals surface area contributed by atoms with E-state index in [1.807, 2.05) is 7.11 Å². The Morgan fingerprint density at radius 3 is 2.58 bits per heavy atom. The Balaban J connectivity index is 1.92. The highest BCUT2D eigenvalue weighted by molar-refractivity contribution is 5.32. The van der Waals surface area contributed by atoms with Crippen molar-refractivity contribution in [2.24, 2.45) is 5.73 Å². The number of likely N-dealkylation sites (tertiary alicyclic amines) is 1. The third kappa shape index (κ3) is 3.78. The van der Waals surface area contributed by atoms with E-state index in [0.717, 1.165) is 32.5 Å². The molecular weight excluding hydrogens is 236 g/mol. The van der Waals surface area contributed by atoms with Crippen LogP contribution in [0.4, 0.5) is 0 Å². The van der Waals surface area contributed by atoms with Gasteiger partial charge in [-0.15, -0.1) is 0 Å². The van der Waals surface area contributed by atoms with Gasteiger partial charge in [-0.1, -0.05) is 23.8 Å². The molecule has 0 aliphatic carbocycles. The summed E-state index contributed by atoms with van der Waals surface area (Å²) in [4.78, 5) is 2.46. The van der Waals surface area contributed by atoms with Gasteiger partial charge in [0.25, 0.3) is 0 Å². The van der Waals surface area contributed by atoms with E-state index in [1.165, 1.54) is 16.7 Å². The molecule has 3 nitrogen and oxygen atoms in total. The zero-order valence-corrected chi connectivity index (χ0v) is 12.4. The van der Waals surface area contributed by atoms with Crippen LogP contribution in [-0.4, -0.2) is 37.7 Å². The lowest BCUT2D eigenvalue weighted by Crippen LogP contribution is -2.40. The quantitative estimate of drug-likeness (QED) is 0.905. The number of methoxy groups -OCH3 is 1. The summed E-state index contributed by atoms with van der Waals surface area (Å²) in [5.41, 5.74) is 10.3. The number of hydrogen-bond acceptors (Lipinski definition) is 3. The lowest BCUT2D eigenvalue weighted by atomic mass is 9.98. The second-order valence-electron chi connectivity index (χ2n) is 5.70.